The van der Waals surface area contributed by atoms with E-state index in [4.69, 9.17) is 4.74 Å². The predicted octanol–water partition coefficient (Wildman–Crippen LogP) is 3.71. The standard InChI is InChI=1S/C21H23FN2O4/c1-13(25)4-5-16-6-9-18(10-7-16)28-14(2)21(27)24-20-12-17(23-15(3)26)8-11-19(20)22/h6-12,14H,4-5H2,1-3H3,(H,23,26)(H,24,27). The van der Waals surface area contributed by atoms with Gasteiger partial charge in [0.25, 0.3) is 5.91 Å². The summed E-state index contributed by atoms with van der Waals surface area (Å²) in [6.07, 6.45) is 0.254. The van der Waals surface area contributed by atoms with Crippen LogP contribution in [0.1, 0.15) is 32.8 Å². The van der Waals surface area contributed by atoms with Crippen LogP contribution in [0.2, 0.25) is 0 Å². The average Bonchev–Trinajstić information content (AvgIpc) is 2.63. The monoisotopic (exact) mass is 386 g/mol. The molecular formula is C21H23FN2O4. The number of carbonyl (C=O) groups is 3. The Morgan fingerprint density at radius 3 is 2.32 bits per heavy atom. The summed E-state index contributed by atoms with van der Waals surface area (Å²) in [6, 6.07) is 11.0. The molecule has 28 heavy (non-hydrogen) atoms. The average molecular weight is 386 g/mol. The summed E-state index contributed by atoms with van der Waals surface area (Å²) < 4.78 is 19.5. The summed E-state index contributed by atoms with van der Waals surface area (Å²) in [6.45, 7) is 4.43. The molecule has 0 aliphatic carbocycles. The van der Waals surface area contributed by atoms with Gasteiger partial charge in [-0.3, -0.25) is 9.59 Å². The molecule has 2 aromatic rings. The summed E-state index contributed by atoms with van der Waals surface area (Å²) in [5.74, 6) is -0.835. The van der Waals surface area contributed by atoms with Crippen molar-refractivity contribution < 1.29 is 23.5 Å². The predicted molar refractivity (Wildman–Crippen MR) is 105 cm³/mol. The van der Waals surface area contributed by atoms with E-state index in [0.29, 0.717) is 24.3 Å². The second kappa shape index (κ2) is 9.64. The van der Waals surface area contributed by atoms with Gasteiger partial charge in [-0.15, -0.1) is 0 Å². The number of Topliss-reactive ketones (excluding diaryl/α,β-unsaturated/α-hetero) is 1. The number of anilines is 2. The van der Waals surface area contributed by atoms with Crippen molar-refractivity contribution in [2.24, 2.45) is 0 Å². The maximum atomic E-state index is 13.9. The highest BCUT2D eigenvalue weighted by atomic mass is 19.1. The van der Waals surface area contributed by atoms with Crippen LogP contribution in [-0.4, -0.2) is 23.7 Å². The molecule has 0 saturated heterocycles. The number of ketones is 1. The fourth-order valence-corrected chi connectivity index (χ4v) is 2.45. The molecule has 1 unspecified atom stereocenters. The number of ether oxygens (including phenoxy) is 1. The lowest BCUT2D eigenvalue weighted by Crippen LogP contribution is -2.30. The van der Waals surface area contributed by atoms with Crippen LogP contribution in [0.3, 0.4) is 0 Å². The van der Waals surface area contributed by atoms with Crippen molar-refractivity contribution in [3.63, 3.8) is 0 Å². The lowest BCUT2D eigenvalue weighted by Gasteiger charge is -2.16. The molecule has 7 heteroatoms. The number of aryl methyl sites for hydroxylation is 1. The summed E-state index contributed by atoms with van der Waals surface area (Å²) >= 11 is 0. The maximum Gasteiger partial charge on any atom is 0.265 e. The first-order valence-corrected chi connectivity index (χ1v) is 8.87. The van der Waals surface area contributed by atoms with Gasteiger partial charge < -0.3 is 20.2 Å². The van der Waals surface area contributed by atoms with Crippen LogP contribution in [0.25, 0.3) is 0 Å². The zero-order valence-electron chi connectivity index (χ0n) is 16.0. The number of hydrogen-bond donors (Lipinski definition) is 2. The Balaban J connectivity index is 1.97. The van der Waals surface area contributed by atoms with E-state index in [9.17, 15) is 18.8 Å². The lowest BCUT2D eigenvalue weighted by atomic mass is 10.1. The van der Waals surface area contributed by atoms with E-state index < -0.39 is 17.8 Å². The van der Waals surface area contributed by atoms with Gasteiger partial charge in [0.15, 0.2) is 6.10 Å². The van der Waals surface area contributed by atoms with Crippen molar-refractivity contribution in [1.29, 1.82) is 0 Å². The van der Waals surface area contributed by atoms with E-state index >= 15 is 0 Å². The van der Waals surface area contributed by atoms with Gasteiger partial charge in [-0.25, -0.2) is 4.39 Å². The van der Waals surface area contributed by atoms with Gasteiger partial charge in [-0.1, -0.05) is 12.1 Å². The minimum absolute atomic E-state index is 0.0497. The second-order valence-corrected chi connectivity index (χ2v) is 6.47. The van der Waals surface area contributed by atoms with Gasteiger partial charge in [0.05, 0.1) is 5.69 Å². The Morgan fingerprint density at radius 2 is 1.71 bits per heavy atom. The van der Waals surface area contributed by atoms with E-state index in [-0.39, 0.29) is 17.4 Å². The third kappa shape index (κ3) is 6.50. The molecular weight excluding hydrogens is 363 g/mol. The number of hydrogen-bond acceptors (Lipinski definition) is 4. The number of nitrogens with one attached hydrogen (secondary N) is 2. The number of rotatable bonds is 8. The van der Waals surface area contributed by atoms with Crippen LogP contribution < -0.4 is 15.4 Å². The largest absolute Gasteiger partial charge is 0.481 e. The molecule has 0 aliphatic rings. The summed E-state index contributed by atoms with van der Waals surface area (Å²) in [5, 5.41) is 4.99. The van der Waals surface area contributed by atoms with E-state index in [1.807, 2.05) is 12.1 Å². The van der Waals surface area contributed by atoms with Crippen molar-refractivity contribution >= 4 is 29.0 Å². The summed E-state index contributed by atoms with van der Waals surface area (Å²) in [7, 11) is 0. The molecule has 2 N–H and O–H groups in total. The smallest absolute Gasteiger partial charge is 0.265 e. The van der Waals surface area contributed by atoms with Crippen LogP contribution in [0.15, 0.2) is 42.5 Å². The second-order valence-electron chi connectivity index (χ2n) is 6.47. The molecule has 0 spiro atoms. The van der Waals surface area contributed by atoms with Gasteiger partial charge in [-0.2, -0.15) is 0 Å². The van der Waals surface area contributed by atoms with Gasteiger partial charge in [-0.05, 0) is 56.2 Å². The molecule has 0 bridgehead atoms. The third-order valence-electron chi connectivity index (χ3n) is 3.92. The van der Waals surface area contributed by atoms with Gasteiger partial charge in [0, 0.05) is 19.0 Å². The molecule has 2 amide bonds. The Kier molecular flexibility index (Phi) is 7.26. The number of halogens is 1. The minimum atomic E-state index is -0.869. The molecule has 1 atom stereocenters. The number of amides is 2. The first-order chi connectivity index (χ1) is 13.2. The van der Waals surface area contributed by atoms with Crippen LogP contribution >= 0.6 is 0 Å². The third-order valence-corrected chi connectivity index (χ3v) is 3.92. The van der Waals surface area contributed by atoms with Crippen LogP contribution in [0, 0.1) is 5.82 Å². The molecule has 6 nitrogen and oxygen atoms in total. The molecule has 2 aromatic carbocycles. The molecule has 0 aliphatic heterocycles. The Labute approximate surface area is 163 Å². The SMILES string of the molecule is CC(=O)CCc1ccc(OC(C)C(=O)Nc2cc(NC(C)=O)ccc2F)cc1. The van der Waals surface area contributed by atoms with E-state index in [1.165, 1.54) is 19.1 Å². The molecule has 0 radical (unpaired) electrons. The van der Waals surface area contributed by atoms with Crippen molar-refractivity contribution in [3.05, 3.63) is 53.8 Å². The van der Waals surface area contributed by atoms with Crippen molar-refractivity contribution in [1.82, 2.24) is 0 Å². The van der Waals surface area contributed by atoms with Crippen molar-refractivity contribution in [2.75, 3.05) is 10.6 Å². The van der Waals surface area contributed by atoms with Crippen molar-refractivity contribution in [3.8, 4) is 5.75 Å². The first-order valence-electron chi connectivity index (χ1n) is 8.87. The summed E-state index contributed by atoms with van der Waals surface area (Å²) in [5.41, 5.74) is 1.32. The number of benzene rings is 2. The van der Waals surface area contributed by atoms with E-state index in [1.54, 1.807) is 26.0 Å². The molecule has 0 aromatic heterocycles. The van der Waals surface area contributed by atoms with Crippen LogP contribution in [0.5, 0.6) is 5.75 Å². The molecule has 2 rings (SSSR count). The summed E-state index contributed by atoms with van der Waals surface area (Å²) in [4.78, 5) is 34.5. The zero-order chi connectivity index (χ0) is 20.7. The molecule has 0 heterocycles. The maximum absolute atomic E-state index is 13.9. The Hall–Kier alpha value is -3.22. The topological polar surface area (TPSA) is 84.5 Å². The van der Waals surface area contributed by atoms with Crippen LogP contribution in [-0.2, 0) is 20.8 Å². The molecule has 0 saturated carbocycles. The Bertz CT molecular complexity index is 865. The minimum Gasteiger partial charge on any atom is -0.481 e. The van der Waals surface area contributed by atoms with E-state index in [0.717, 1.165) is 11.6 Å². The normalized spacial score (nSPS) is 11.4. The highest BCUT2D eigenvalue weighted by Gasteiger charge is 2.17. The molecule has 148 valence electrons. The number of carbonyl (C=O) groups excluding carboxylic acids is 3. The zero-order valence-corrected chi connectivity index (χ0v) is 16.0. The Morgan fingerprint density at radius 1 is 1.04 bits per heavy atom. The van der Waals surface area contributed by atoms with Gasteiger partial charge >= 0.3 is 0 Å². The van der Waals surface area contributed by atoms with Crippen molar-refractivity contribution in [2.45, 2.75) is 39.7 Å². The highest BCUT2D eigenvalue weighted by Crippen LogP contribution is 2.21. The van der Waals surface area contributed by atoms with Gasteiger partial charge in [0.1, 0.15) is 17.3 Å². The fraction of sp³-hybridized carbons (Fsp3) is 0.286. The quantitative estimate of drug-likeness (QED) is 0.724. The fourth-order valence-electron chi connectivity index (χ4n) is 2.45. The van der Waals surface area contributed by atoms with Crippen LogP contribution in [0.4, 0.5) is 15.8 Å². The molecule has 0 fully saturated rings. The van der Waals surface area contributed by atoms with Gasteiger partial charge in [0.2, 0.25) is 5.91 Å². The lowest BCUT2D eigenvalue weighted by molar-refractivity contribution is -0.122. The van der Waals surface area contributed by atoms with E-state index in [2.05, 4.69) is 10.6 Å². The first kappa shape index (κ1) is 21.1. The highest BCUT2D eigenvalue weighted by molar-refractivity contribution is 5.95.